The first-order valence-corrected chi connectivity index (χ1v) is 10.1. The molecule has 166 valence electrons. The minimum Gasteiger partial charge on any atom is -0.207 e. The van der Waals surface area contributed by atoms with Crippen molar-refractivity contribution >= 4 is 0 Å². The molecule has 0 aromatic heterocycles. The van der Waals surface area contributed by atoms with Gasteiger partial charge in [-0.2, -0.15) is 13.2 Å². The van der Waals surface area contributed by atoms with Crippen LogP contribution in [0.25, 0.3) is 0 Å². The Morgan fingerprint density at radius 1 is 0.967 bits per heavy atom. The highest BCUT2D eigenvalue weighted by molar-refractivity contribution is 5.36. The van der Waals surface area contributed by atoms with Crippen LogP contribution in [0.15, 0.2) is 73.3 Å². The van der Waals surface area contributed by atoms with E-state index in [2.05, 4.69) is 13.2 Å². The van der Waals surface area contributed by atoms with E-state index in [4.69, 9.17) is 0 Å². The predicted octanol–water partition coefficient (Wildman–Crippen LogP) is 9.09. The van der Waals surface area contributed by atoms with Crippen LogP contribution < -0.4 is 0 Å². The Labute approximate surface area is 179 Å². The molecule has 0 fully saturated rings. The zero-order valence-electron chi connectivity index (χ0n) is 18.9. The molecule has 2 aromatic carbocycles. The van der Waals surface area contributed by atoms with Crippen LogP contribution >= 0.6 is 0 Å². The SMILES string of the molecule is C=C(C)C[C@](C)(c1ccc(F)cc1)[C@H](C)c1ccc(C(F)(F)F)cc1.C=CC.CC. The van der Waals surface area contributed by atoms with E-state index in [1.165, 1.54) is 24.3 Å². The third kappa shape index (κ3) is 7.81. The van der Waals surface area contributed by atoms with E-state index in [9.17, 15) is 17.6 Å². The van der Waals surface area contributed by atoms with Gasteiger partial charge in [-0.1, -0.05) is 63.6 Å². The molecule has 0 unspecified atom stereocenters. The number of hydrogen-bond donors (Lipinski definition) is 0. The molecule has 0 N–H and O–H groups in total. The van der Waals surface area contributed by atoms with Crippen LogP contribution in [-0.4, -0.2) is 0 Å². The van der Waals surface area contributed by atoms with Crippen molar-refractivity contribution in [3.05, 3.63) is 95.8 Å². The van der Waals surface area contributed by atoms with E-state index in [-0.39, 0.29) is 11.7 Å². The summed E-state index contributed by atoms with van der Waals surface area (Å²) < 4.78 is 51.6. The molecule has 0 spiro atoms. The van der Waals surface area contributed by atoms with Crippen LogP contribution in [0.1, 0.15) is 70.6 Å². The molecule has 0 heterocycles. The fourth-order valence-electron chi connectivity index (χ4n) is 3.29. The number of halogens is 4. The summed E-state index contributed by atoms with van der Waals surface area (Å²) in [4.78, 5) is 0. The molecule has 0 saturated heterocycles. The lowest BCUT2D eigenvalue weighted by Gasteiger charge is -2.37. The van der Waals surface area contributed by atoms with E-state index in [1.807, 2.05) is 41.5 Å². The third-order valence-corrected chi connectivity index (χ3v) is 4.87. The average Bonchev–Trinajstić information content (AvgIpc) is 2.69. The highest BCUT2D eigenvalue weighted by Gasteiger charge is 2.35. The maximum atomic E-state index is 13.3. The summed E-state index contributed by atoms with van der Waals surface area (Å²) in [6.45, 7) is 19.2. The summed E-state index contributed by atoms with van der Waals surface area (Å²) in [5, 5.41) is 0. The number of hydrogen-bond acceptors (Lipinski definition) is 0. The highest BCUT2D eigenvalue weighted by Crippen LogP contribution is 2.43. The van der Waals surface area contributed by atoms with Crippen molar-refractivity contribution < 1.29 is 17.6 Å². The van der Waals surface area contributed by atoms with Crippen LogP contribution in [0, 0.1) is 5.82 Å². The monoisotopic (exact) mass is 422 g/mol. The lowest BCUT2D eigenvalue weighted by Crippen LogP contribution is -2.29. The van der Waals surface area contributed by atoms with E-state index in [0.717, 1.165) is 28.8 Å². The first-order valence-electron chi connectivity index (χ1n) is 10.1. The molecule has 4 heteroatoms. The topological polar surface area (TPSA) is 0 Å². The summed E-state index contributed by atoms with van der Waals surface area (Å²) in [6, 6.07) is 11.5. The second-order valence-corrected chi connectivity index (χ2v) is 7.31. The molecule has 0 radical (unpaired) electrons. The normalized spacial score (nSPS) is 13.5. The maximum absolute atomic E-state index is 13.3. The van der Waals surface area contributed by atoms with Crippen molar-refractivity contribution in [3.63, 3.8) is 0 Å². The zero-order valence-corrected chi connectivity index (χ0v) is 18.9. The number of rotatable bonds is 5. The van der Waals surface area contributed by atoms with E-state index >= 15 is 0 Å². The van der Waals surface area contributed by atoms with Gasteiger partial charge in [0.1, 0.15) is 5.82 Å². The molecular formula is C26H34F4. The molecule has 0 aliphatic heterocycles. The van der Waals surface area contributed by atoms with Crippen LogP contribution in [0.4, 0.5) is 17.6 Å². The van der Waals surface area contributed by atoms with Gasteiger partial charge in [-0.05, 0) is 61.6 Å². The maximum Gasteiger partial charge on any atom is 0.416 e. The summed E-state index contributed by atoms with van der Waals surface area (Å²) >= 11 is 0. The highest BCUT2D eigenvalue weighted by atomic mass is 19.4. The molecule has 2 atom stereocenters. The predicted molar refractivity (Wildman–Crippen MR) is 120 cm³/mol. The van der Waals surface area contributed by atoms with Crippen molar-refractivity contribution in [1.29, 1.82) is 0 Å². The van der Waals surface area contributed by atoms with Gasteiger partial charge in [0.15, 0.2) is 0 Å². The number of allylic oxidation sites excluding steroid dienone is 2. The molecule has 0 amide bonds. The lowest BCUT2D eigenvalue weighted by molar-refractivity contribution is -0.137. The average molecular weight is 423 g/mol. The molecule has 0 nitrogen and oxygen atoms in total. The number of alkyl halides is 3. The summed E-state index contributed by atoms with van der Waals surface area (Å²) in [7, 11) is 0. The summed E-state index contributed by atoms with van der Waals surface area (Å²) in [5.74, 6) is -0.388. The summed E-state index contributed by atoms with van der Waals surface area (Å²) in [5.41, 5.74) is 1.64. The van der Waals surface area contributed by atoms with Crippen molar-refractivity contribution in [2.45, 2.75) is 65.5 Å². The Bertz CT molecular complexity index is 770. The summed E-state index contributed by atoms with van der Waals surface area (Å²) in [6.07, 6.45) is -1.94. The van der Waals surface area contributed by atoms with Gasteiger partial charge >= 0.3 is 6.18 Å². The Hall–Kier alpha value is -2.36. The van der Waals surface area contributed by atoms with Crippen LogP contribution in [0.2, 0.25) is 0 Å². The van der Waals surface area contributed by atoms with Gasteiger partial charge in [0, 0.05) is 5.41 Å². The quantitative estimate of drug-likeness (QED) is 0.333. The van der Waals surface area contributed by atoms with Gasteiger partial charge in [-0.15, -0.1) is 13.2 Å². The third-order valence-electron chi connectivity index (χ3n) is 4.87. The fraction of sp³-hybridized carbons (Fsp3) is 0.385. The van der Waals surface area contributed by atoms with Gasteiger partial charge in [-0.25, -0.2) is 4.39 Å². The molecular weight excluding hydrogens is 388 g/mol. The largest absolute Gasteiger partial charge is 0.416 e. The minimum absolute atomic E-state index is 0.0723. The molecule has 30 heavy (non-hydrogen) atoms. The van der Waals surface area contributed by atoms with Crippen molar-refractivity contribution in [3.8, 4) is 0 Å². The number of benzene rings is 2. The lowest BCUT2D eigenvalue weighted by atomic mass is 9.66. The molecule has 0 bridgehead atoms. The van der Waals surface area contributed by atoms with Gasteiger partial charge in [0.05, 0.1) is 5.56 Å². The Balaban J connectivity index is 0.00000154. The van der Waals surface area contributed by atoms with Gasteiger partial charge < -0.3 is 0 Å². The van der Waals surface area contributed by atoms with E-state index < -0.39 is 17.2 Å². The first-order chi connectivity index (χ1) is 14.0. The van der Waals surface area contributed by atoms with Crippen molar-refractivity contribution in [2.24, 2.45) is 0 Å². The van der Waals surface area contributed by atoms with Gasteiger partial charge in [0.2, 0.25) is 0 Å². The van der Waals surface area contributed by atoms with E-state index in [1.54, 1.807) is 18.2 Å². The molecule has 0 aliphatic carbocycles. The minimum atomic E-state index is -4.35. The van der Waals surface area contributed by atoms with Crippen LogP contribution in [-0.2, 0) is 11.6 Å². The van der Waals surface area contributed by atoms with Gasteiger partial charge in [0.25, 0.3) is 0 Å². The second-order valence-electron chi connectivity index (χ2n) is 7.31. The van der Waals surface area contributed by atoms with Crippen molar-refractivity contribution in [1.82, 2.24) is 0 Å². The van der Waals surface area contributed by atoms with E-state index in [0.29, 0.717) is 6.42 Å². The zero-order chi connectivity index (χ0) is 23.5. The molecule has 2 rings (SSSR count). The molecule has 0 aliphatic rings. The fourth-order valence-corrected chi connectivity index (χ4v) is 3.29. The standard InChI is InChI=1S/C21H22F4.C3H6.C2H6/c1-14(2)13-20(4,17-9-11-19(22)12-10-17)15(3)16-5-7-18(8-6-16)21(23,24)25;1-3-2;1-2/h5-12,15H,1,13H2,2-4H3;3H,1H2,2H3;1-2H3/t15-,20+;;/m1../s1. The first kappa shape index (κ1) is 27.6. The van der Waals surface area contributed by atoms with Crippen LogP contribution in [0.5, 0.6) is 0 Å². The Kier molecular flexibility index (Phi) is 11.4. The van der Waals surface area contributed by atoms with Crippen molar-refractivity contribution in [2.75, 3.05) is 0 Å². The van der Waals surface area contributed by atoms with Gasteiger partial charge in [-0.3, -0.25) is 0 Å². The second kappa shape index (κ2) is 12.4. The molecule has 2 aromatic rings. The Morgan fingerprint density at radius 2 is 1.37 bits per heavy atom. The molecule has 0 saturated carbocycles. The smallest absolute Gasteiger partial charge is 0.207 e. The van der Waals surface area contributed by atoms with Crippen LogP contribution in [0.3, 0.4) is 0 Å². The Morgan fingerprint density at radius 3 is 1.73 bits per heavy atom.